The van der Waals surface area contributed by atoms with Gasteiger partial charge in [0.2, 0.25) is 0 Å². The van der Waals surface area contributed by atoms with Crippen molar-refractivity contribution < 1.29 is 9.90 Å². The van der Waals surface area contributed by atoms with Gasteiger partial charge in [0, 0.05) is 6.42 Å². The highest BCUT2D eigenvalue weighted by atomic mass is 16.4. The zero-order chi connectivity index (χ0) is 12.5. The molecule has 0 bridgehead atoms. The number of unbranched alkanes of at least 4 members (excludes halogenated alkanes) is 2. The average molecular weight is 234 g/mol. The van der Waals surface area contributed by atoms with E-state index >= 15 is 0 Å². The van der Waals surface area contributed by atoms with Crippen LogP contribution in [0.2, 0.25) is 0 Å². The molecule has 1 rings (SSSR count). The van der Waals surface area contributed by atoms with Gasteiger partial charge in [0.05, 0.1) is 0 Å². The highest BCUT2D eigenvalue weighted by Crippen LogP contribution is 2.11. The topological polar surface area (TPSA) is 37.3 Å². The molecule has 0 heterocycles. The molecule has 0 aliphatic heterocycles. The lowest BCUT2D eigenvalue weighted by atomic mass is 10.0. The minimum atomic E-state index is -0.695. The molecule has 0 atom stereocenters. The Balaban J connectivity index is 2.27. The van der Waals surface area contributed by atoms with E-state index in [0.717, 1.165) is 25.7 Å². The van der Waals surface area contributed by atoms with Crippen LogP contribution in [0.1, 0.15) is 50.2 Å². The number of rotatable bonds is 8. The first-order valence-corrected chi connectivity index (χ1v) is 6.52. The fourth-order valence-electron chi connectivity index (χ4n) is 1.86. The molecule has 2 nitrogen and oxygen atoms in total. The van der Waals surface area contributed by atoms with Crippen molar-refractivity contribution in [3.63, 3.8) is 0 Å². The standard InChI is InChI=1S/C15H22O2/c1-2-3-6-13-9-11-14(12-10-13)7-4-5-8-15(16)17/h9-12H,2-8H2,1H3,(H,16,17). The highest BCUT2D eigenvalue weighted by Gasteiger charge is 1.98. The van der Waals surface area contributed by atoms with Crippen molar-refractivity contribution in [2.45, 2.75) is 51.9 Å². The van der Waals surface area contributed by atoms with Crippen molar-refractivity contribution in [2.75, 3.05) is 0 Å². The molecule has 0 saturated heterocycles. The predicted octanol–water partition coefficient (Wildman–Crippen LogP) is 3.83. The van der Waals surface area contributed by atoms with Crippen molar-refractivity contribution in [2.24, 2.45) is 0 Å². The number of benzene rings is 1. The third-order valence-corrected chi connectivity index (χ3v) is 2.95. The molecule has 0 amide bonds. The third-order valence-electron chi connectivity index (χ3n) is 2.95. The Bertz CT molecular complexity index is 327. The van der Waals surface area contributed by atoms with Gasteiger partial charge in [-0.05, 0) is 43.2 Å². The predicted molar refractivity (Wildman–Crippen MR) is 70.2 cm³/mol. The Kier molecular flexibility index (Phi) is 6.38. The minimum absolute atomic E-state index is 0.286. The summed E-state index contributed by atoms with van der Waals surface area (Å²) in [6.07, 6.45) is 6.65. The summed E-state index contributed by atoms with van der Waals surface area (Å²) in [6.45, 7) is 2.21. The van der Waals surface area contributed by atoms with Crippen molar-refractivity contribution in [3.8, 4) is 0 Å². The van der Waals surface area contributed by atoms with Crippen LogP contribution in [0.5, 0.6) is 0 Å². The number of aliphatic carboxylic acids is 1. The van der Waals surface area contributed by atoms with Gasteiger partial charge in [0.1, 0.15) is 0 Å². The maximum atomic E-state index is 10.4. The molecule has 1 N–H and O–H groups in total. The normalized spacial score (nSPS) is 10.4. The lowest BCUT2D eigenvalue weighted by molar-refractivity contribution is -0.137. The van der Waals surface area contributed by atoms with E-state index in [0.29, 0.717) is 0 Å². The van der Waals surface area contributed by atoms with Gasteiger partial charge in [-0.25, -0.2) is 0 Å². The maximum absolute atomic E-state index is 10.4. The van der Waals surface area contributed by atoms with Gasteiger partial charge in [-0.2, -0.15) is 0 Å². The van der Waals surface area contributed by atoms with Crippen LogP contribution in [0.15, 0.2) is 24.3 Å². The van der Waals surface area contributed by atoms with Crippen molar-refractivity contribution in [1.29, 1.82) is 0 Å². The minimum Gasteiger partial charge on any atom is -0.481 e. The highest BCUT2D eigenvalue weighted by molar-refractivity contribution is 5.66. The molecule has 2 heteroatoms. The number of hydrogen-bond acceptors (Lipinski definition) is 1. The van der Waals surface area contributed by atoms with Gasteiger partial charge in [-0.1, -0.05) is 37.6 Å². The summed E-state index contributed by atoms with van der Waals surface area (Å²) in [5.41, 5.74) is 2.72. The van der Waals surface area contributed by atoms with E-state index in [1.165, 1.54) is 24.0 Å². The van der Waals surface area contributed by atoms with Crippen LogP contribution in [0.4, 0.5) is 0 Å². The fraction of sp³-hybridized carbons (Fsp3) is 0.533. The van der Waals surface area contributed by atoms with E-state index in [4.69, 9.17) is 5.11 Å². The van der Waals surface area contributed by atoms with E-state index in [2.05, 4.69) is 31.2 Å². The summed E-state index contributed by atoms with van der Waals surface area (Å²) < 4.78 is 0. The van der Waals surface area contributed by atoms with Crippen LogP contribution in [-0.2, 0) is 17.6 Å². The molecule has 94 valence electrons. The molecule has 17 heavy (non-hydrogen) atoms. The molecule has 0 aromatic heterocycles. The molecule has 0 spiro atoms. The van der Waals surface area contributed by atoms with Crippen LogP contribution in [0.3, 0.4) is 0 Å². The van der Waals surface area contributed by atoms with Gasteiger partial charge >= 0.3 is 5.97 Å². The van der Waals surface area contributed by atoms with E-state index < -0.39 is 5.97 Å². The summed E-state index contributed by atoms with van der Waals surface area (Å²) in [4.78, 5) is 10.4. The first kappa shape index (κ1) is 13.8. The molecule has 1 aromatic carbocycles. The Morgan fingerprint density at radius 2 is 1.53 bits per heavy atom. The lowest BCUT2D eigenvalue weighted by Crippen LogP contribution is -1.95. The van der Waals surface area contributed by atoms with Crippen molar-refractivity contribution in [3.05, 3.63) is 35.4 Å². The number of carboxylic acids is 1. The molecule has 0 unspecified atom stereocenters. The summed E-state index contributed by atoms with van der Waals surface area (Å²) in [7, 11) is 0. The van der Waals surface area contributed by atoms with Gasteiger partial charge in [-0.15, -0.1) is 0 Å². The zero-order valence-corrected chi connectivity index (χ0v) is 10.6. The second-order valence-electron chi connectivity index (χ2n) is 4.52. The largest absolute Gasteiger partial charge is 0.481 e. The maximum Gasteiger partial charge on any atom is 0.303 e. The Hall–Kier alpha value is -1.31. The molecule has 0 saturated carbocycles. The SMILES string of the molecule is CCCCc1ccc(CCCCC(=O)O)cc1. The molecule has 1 aromatic rings. The molecule has 0 aliphatic rings. The van der Waals surface area contributed by atoms with Crippen molar-refractivity contribution in [1.82, 2.24) is 0 Å². The summed E-state index contributed by atoms with van der Waals surface area (Å²) >= 11 is 0. The molecule has 0 radical (unpaired) electrons. The van der Waals surface area contributed by atoms with Crippen LogP contribution in [-0.4, -0.2) is 11.1 Å². The second-order valence-corrected chi connectivity index (χ2v) is 4.52. The Labute approximate surface area is 104 Å². The van der Waals surface area contributed by atoms with E-state index in [1.54, 1.807) is 0 Å². The van der Waals surface area contributed by atoms with Gasteiger partial charge in [0.15, 0.2) is 0 Å². The fourth-order valence-corrected chi connectivity index (χ4v) is 1.86. The first-order chi connectivity index (χ1) is 8.22. The zero-order valence-electron chi connectivity index (χ0n) is 10.6. The van der Waals surface area contributed by atoms with Crippen LogP contribution in [0, 0.1) is 0 Å². The monoisotopic (exact) mass is 234 g/mol. The summed E-state index contributed by atoms with van der Waals surface area (Å²) in [5.74, 6) is -0.695. The first-order valence-electron chi connectivity index (χ1n) is 6.52. The number of carbonyl (C=O) groups is 1. The average Bonchev–Trinajstić information content (AvgIpc) is 2.33. The van der Waals surface area contributed by atoms with E-state index in [9.17, 15) is 4.79 Å². The van der Waals surface area contributed by atoms with Gasteiger partial charge in [-0.3, -0.25) is 4.79 Å². The summed E-state index contributed by atoms with van der Waals surface area (Å²) in [5, 5.41) is 8.53. The lowest BCUT2D eigenvalue weighted by Gasteiger charge is -2.03. The smallest absolute Gasteiger partial charge is 0.303 e. The number of carboxylic acid groups (broad SMARTS) is 1. The molecular formula is C15H22O2. The van der Waals surface area contributed by atoms with E-state index in [-0.39, 0.29) is 6.42 Å². The van der Waals surface area contributed by atoms with Crippen molar-refractivity contribution >= 4 is 5.97 Å². The van der Waals surface area contributed by atoms with Crippen LogP contribution >= 0.6 is 0 Å². The van der Waals surface area contributed by atoms with E-state index in [1.807, 2.05) is 0 Å². The Morgan fingerprint density at radius 3 is 2.00 bits per heavy atom. The molecule has 0 aliphatic carbocycles. The number of aryl methyl sites for hydroxylation is 2. The quantitative estimate of drug-likeness (QED) is 0.694. The third kappa shape index (κ3) is 6.10. The Morgan fingerprint density at radius 1 is 1.00 bits per heavy atom. The van der Waals surface area contributed by atoms with Gasteiger partial charge in [0.25, 0.3) is 0 Å². The molecule has 0 fully saturated rings. The summed E-state index contributed by atoms with van der Waals surface area (Å²) in [6, 6.07) is 8.74. The second kappa shape index (κ2) is 7.88. The van der Waals surface area contributed by atoms with Crippen LogP contribution in [0.25, 0.3) is 0 Å². The van der Waals surface area contributed by atoms with Crippen LogP contribution < -0.4 is 0 Å². The number of hydrogen-bond donors (Lipinski definition) is 1. The van der Waals surface area contributed by atoms with Gasteiger partial charge < -0.3 is 5.11 Å². The molecular weight excluding hydrogens is 212 g/mol.